The van der Waals surface area contributed by atoms with E-state index in [1.807, 2.05) is 13.8 Å². The lowest BCUT2D eigenvalue weighted by atomic mass is 9.93. The van der Waals surface area contributed by atoms with Crippen molar-refractivity contribution in [2.75, 3.05) is 13.2 Å². The summed E-state index contributed by atoms with van der Waals surface area (Å²) >= 11 is 0. The normalized spacial score (nSPS) is 11.5. The molecule has 96 valence electrons. The summed E-state index contributed by atoms with van der Waals surface area (Å²) in [6.45, 7) is 4.81. The first kappa shape index (κ1) is 15.4. The Kier molecular flexibility index (Phi) is 8.21. The van der Waals surface area contributed by atoms with Crippen LogP contribution in [0.5, 0.6) is 0 Å². The third-order valence-corrected chi connectivity index (χ3v) is 3.08. The van der Waals surface area contributed by atoms with Crippen molar-refractivity contribution in [3.05, 3.63) is 0 Å². The van der Waals surface area contributed by atoms with Gasteiger partial charge in [0.15, 0.2) is 0 Å². The molecule has 0 atom stereocenters. The molecule has 1 amide bonds. The first-order chi connectivity index (χ1) is 7.60. The Hall–Kier alpha value is -0.610. The van der Waals surface area contributed by atoms with E-state index < -0.39 is 5.54 Å². The highest BCUT2D eigenvalue weighted by Crippen LogP contribution is 2.11. The Morgan fingerprint density at radius 1 is 1.19 bits per heavy atom. The minimum Gasteiger partial charge on any atom is -0.396 e. The number of hydrogen-bond donors (Lipinski definition) is 3. The van der Waals surface area contributed by atoms with E-state index >= 15 is 0 Å². The standard InChI is InChI=1S/C12H26N2O2/c1-3-12(13,4-2)11(16)14-9-7-5-6-8-10-15/h15H,3-10,13H2,1-2H3,(H,14,16). The van der Waals surface area contributed by atoms with Gasteiger partial charge in [-0.25, -0.2) is 0 Å². The van der Waals surface area contributed by atoms with Gasteiger partial charge in [0.25, 0.3) is 0 Å². The van der Waals surface area contributed by atoms with E-state index in [1.54, 1.807) is 0 Å². The minimum atomic E-state index is -0.703. The molecule has 16 heavy (non-hydrogen) atoms. The zero-order valence-corrected chi connectivity index (χ0v) is 10.6. The highest BCUT2D eigenvalue weighted by Gasteiger charge is 2.29. The van der Waals surface area contributed by atoms with Gasteiger partial charge < -0.3 is 16.2 Å². The molecule has 0 fully saturated rings. The number of amides is 1. The molecule has 0 unspecified atom stereocenters. The molecular weight excluding hydrogens is 204 g/mol. The van der Waals surface area contributed by atoms with Crippen LogP contribution in [0.3, 0.4) is 0 Å². The van der Waals surface area contributed by atoms with Crippen molar-refractivity contribution >= 4 is 5.91 Å². The first-order valence-corrected chi connectivity index (χ1v) is 6.28. The number of nitrogens with one attached hydrogen (secondary N) is 1. The van der Waals surface area contributed by atoms with Gasteiger partial charge in [-0.1, -0.05) is 26.7 Å². The number of hydrogen-bond acceptors (Lipinski definition) is 3. The summed E-state index contributed by atoms with van der Waals surface area (Å²) in [5.41, 5.74) is 5.25. The fourth-order valence-electron chi connectivity index (χ4n) is 1.54. The summed E-state index contributed by atoms with van der Waals surface area (Å²) < 4.78 is 0. The summed E-state index contributed by atoms with van der Waals surface area (Å²) in [7, 11) is 0. The molecule has 0 aliphatic heterocycles. The van der Waals surface area contributed by atoms with Crippen LogP contribution in [0.15, 0.2) is 0 Å². The van der Waals surface area contributed by atoms with Crippen molar-refractivity contribution in [3.8, 4) is 0 Å². The molecular formula is C12H26N2O2. The molecule has 0 rings (SSSR count). The summed E-state index contributed by atoms with van der Waals surface area (Å²) in [5.74, 6) is -0.0420. The molecule has 0 saturated heterocycles. The van der Waals surface area contributed by atoms with Crippen LogP contribution in [0.4, 0.5) is 0 Å². The maximum atomic E-state index is 11.7. The molecule has 4 heteroatoms. The van der Waals surface area contributed by atoms with Crippen molar-refractivity contribution in [1.82, 2.24) is 5.32 Å². The van der Waals surface area contributed by atoms with Crippen molar-refractivity contribution < 1.29 is 9.90 Å². The number of carbonyl (C=O) groups excluding carboxylic acids is 1. The molecule has 0 aliphatic carbocycles. The fourth-order valence-corrected chi connectivity index (χ4v) is 1.54. The van der Waals surface area contributed by atoms with Crippen LogP contribution in [-0.2, 0) is 4.79 Å². The molecule has 4 N–H and O–H groups in total. The van der Waals surface area contributed by atoms with Crippen LogP contribution < -0.4 is 11.1 Å². The Balaban J connectivity index is 3.64. The third kappa shape index (κ3) is 5.47. The average molecular weight is 230 g/mol. The van der Waals surface area contributed by atoms with Gasteiger partial charge in [0.05, 0.1) is 5.54 Å². The van der Waals surface area contributed by atoms with E-state index in [9.17, 15) is 4.79 Å². The molecule has 0 saturated carbocycles. The summed E-state index contributed by atoms with van der Waals surface area (Å²) in [6.07, 6.45) is 5.19. The predicted octanol–water partition coefficient (Wildman–Crippen LogP) is 1.17. The predicted molar refractivity (Wildman–Crippen MR) is 66.1 cm³/mol. The quantitative estimate of drug-likeness (QED) is 0.520. The van der Waals surface area contributed by atoms with E-state index in [-0.39, 0.29) is 12.5 Å². The maximum Gasteiger partial charge on any atom is 0.240 e. The molecule has 0 spiro atoms. The van der Waals surface area contributed by atoms with Crippen LogP contribution in [0.2, 0.25) is 0 Å². The lowest BCUT2D eigenvalue weighted by molar-refractivity contribution is -0.126. The van der Waals surface area contributed by atoms with E-state index in [0.29, 0.717) is 19.4 Å². The van der Waals surface area contributed by atoms with E-state index in [1.165, 1.54) is 0 Å². The number of rotatable bonds is 9. The molecule has 0 radical (unpaired) electrons. The number of unbranched alkanes of at least 4 members (excludes halogenated alkanes) is 3. The minimum absolute atomic E-state index is 0.0420. The van der Waals surface area contributed by atoms with Crippen LogP contribution in [0.25, 0.3) is 0 Å². The van der Waals surface area contributed by atoms with Gasteiger partial charge in [-0.3, -0.25) is 4.79 Å². The molecule has 0 aromatic rings. The SMILES string of the molecule is CCC(N)(CC)C(=O)NCCCCCCO. The molecule has 4 nitrogen and oxygen atoms in total. The van der Waals surface area contributed by atoms with E-state index in [4.69, 9.17) is 10.8 Å². The maximum absolute atomic E-state index is 11.7. The molecule has 0 aromatic heterocycles. The topological polar surface area (TPSA) is 75.4 Å². The van der Waals surface area contributed by atoms with Gasteiger partial charge in [-0.15, -0.1) is 0 Å². The number of nitrogens with two attached hydrogens (primary N) is 1. The zero-order valence-electron chi connectivity index (χ0n) is 10.6. The Morgan fingerprint density at radius 3 is 2.25 bits per heavy atom. The largest absolute Gasteiger partial charge is 0.396 e. The van der Waals surface area contributed by atoms with Gasteiger partial charge in [0.2, 0.25) is 5.91 Å². The fraction of sp³-hybridized carbons (Fsp3) is 0.917. The van der Waals surface area contributed by atoms with Crippen LogP contribution in [0.1, 0.15) is 52.4 Å². The van der Waals surface area contributed by atoms with Crippen molar-refractivity contribution in [3.63, 3.8) is 0 Å². The van der Waals surface area contributed by atoms with Gasteiger partial charge in [-0.05, 0) is 25.7 Å². The van der Waals surface area contributed by atoms with Crippen molar-refractivity contribution in [2.24, 2.45) is 5.73 Å². The second kappa shape index (κ2) is 8.53. The number of carbonyl (C=O) groups is 1. The van der Waals surface area contributed by atoms with E-state index in [2.05, 4.69) is 5.32 Å². The second-order valence-corrected chi connectivity index (χ2v) is 4.26. The van der Waals surface area contributed by atoms with Crippen molar-refractivity contribution in [1.29, 1.82) is 0 Å². The summed E-state index contributed by atoms with van der Waals surface area (Å²) in [5, 5.41) is 11.5. The highest BCUT2D eigenvalue weighted by atomic mass is 16.2. The Morgan fingerprint density at radius 2 is 1.75 bits per heavy atom. The third-order valence-electron chi connectivity index (χ3n) is 3.08. The van der Waals surface area contributed by atoms with Crippen molar-refractivity contribution in [2.45, 2.75) is 57.9 Å². The second-order valence-electron chi connectivity index (χ2n) is 4.26. The lowest BCUT2D eigenvalue weighted by Crippen LogP contribution is -2.53. The first-order valence-electron chi connectivity index (χ1n) is 6.28. The summed E-state index contributed by atoms with van der Waals surface area (Å²) in [4.78, 5) is 11.7. The average Bonchev–Trinajstić information content (AvgIpc) is 2.32. The van der Waals surface area contributed by atoms with Crippen LogP contribution >= 0.6 is 0 Å². The molecule has 0 bridgehead atoms. The summed E-state index contributed by atoms with van der Waals surface area (Å²) in [6, 6.07) is 0. The number of aliphatic hydroxyl groups is 1. The molecule has 0 aliphatic rings. The monoisotopic (exact) mass is 230 g/mol. The highest BCUT2D eigenvalue weighted by molar-refractivity contribution is 5.85. The molecule has 0 aromatic carbocycles. The smallest absolute Gasteiger partial charge is 0.240 e. The van der Waals surface area contributed by atoms with Gasteiger partial charge in [0, 0.05) is 13.2 Å². The van der Waals surface area contributed by atoms with Gasteiger partial charge >= 0.3 is 0 Å². The van der Waals surface area contributed by atoms with E-state index in [0.717, 1.165) is 25.7 Å². The van der Waals surface area contributed by atoms with Crippen LogP contribution in [-0.4, -0.2) is 29.7 Å². The number of aliphatic hydroxyl groups excluding tert-OH is 1. The van der Waals surface area contributed by atoms with Crippen LogP contribution in [0, 0.1) is 0 Å². The Labute approximate surface area is 98.6 Å². The van der Waals surface area contributed by atoms with Gasteiger partial charge in [-0.2, -0.15) is 0 Å². The zero-order chi connectivity index (χ0) is 12.4. The van der Waals surface area contributed by atoms with Gasteiger partial charge in [0.1, 0.15) is 0 Å². The molecule has 0 heterocycles. The lowest BCUT2D eigenvalue weighted by Gasteiger charge is -2.25. The Bertz CT molecular complexity index is 191.